The molecular formula is C30H37F3N6O3. The Kier molecular flexibility index (Phi) is 9.22. The van der Waals surface area contributed by atoms with Gasteiger partial charge in [-0.25, -0.2) is 23.1 Å². The van der Waals surface area contributed by atoms with Gasteiger partial charge in [0.15, 0.2) is 23.1 Å². The number of halogens is 3. The van der Waals surface area contributed by atoms with E-state index < -0.39 is 17.5 Å². The third-order valence-electron chi connectivity index (χ3n) is 8.01. The van der Waals surface area contributed by atoms with Gasteiger partial charge in [0.25, 0.3) is 0 Å². The number of anilines is 3. The summed E-state index contributed by atoms with van der Waals surface area (Å²) >= 11 is 0. The van der Waals surface area contributed by atoms with Crippen LogP contribution in [0.25, 0.3) is 0 Å². The standard InChI is InChI=1S/C30H37F3N6O3/c1-19-13-25(40-3)28(33)23(27(19)32)18-42-22-16-34-30(35-17-22)36-20-14-24(31)29(26(15-20)41-4)39-7-5-21(6-8-39)38-11-9-37(2)10-12-38/h13-17,21H,5-12,18H2,1-4H3,(H,34,35,36). The van der Waals surface area contributed by atoms with Crippen molar-refractivity contribution in [1.82, 2.24) is 19.8 Å². The number of ether oxygens (including phenoxy) is 3. The Morgan fingerprint density at radius 3 is 2.19 bits per heavy atom. The first-order valence-electron chi connectivity index (χ1n) is 14.1. The molecule has 226 valence electrons. The minimum atomic E-state index is -0.821. The summed E-state index contributed by atoms with van der Waals surface area (Å²) in [7, 11) is 4.99. The average molecular weight is 587 g/mol. The molecule has 12 heteroatoms. The summed E-state index contributed by atoms with van der Waals surface area (Å²) in [5.41, 5.74) is 0.869. The van der Waals surface area contributed by atoms with Crippen LogP contribution in [0.2, 0.25) is 0 Å². The van der Waals surface area contributed by atoms with Crippen LogP contribution < -0.4 is 24.4 Å². The van der Waals surface area contributed by atoms with Crippen LogP contribution >= 0.6 is 0 Å². The predicted molar refractivity (Wildman–Crippen MR) is 155 cm³/mol. The molecule has 2 saturated heterocycles. The average Bonchev–Trinajstić information content (AvgIpc) is 3.00. The van der Waals surface area contributed by atoms with E-state index in [4.69, 9.17) is 14.2 Å². The number of rotatable bonds is 9. The number of benzene rings is 2. The number of hydrogen-bond donors (Lipinski definition) is 1. The van der Waals surface area contributed by atoms with E-state index in [2.05, 4.69) is 37.0 Å². The van der Waals surface area contributed by atoms with Gasteiger partial charge in [0.05, 0.1) is 32.2 Å². The number of piperazine rings is 1. The van der Waals surface area contributed by atoms with Gasteiger partial charge in [0.1, 0.15) is 23.9 Å². The number of piperidine rings is 1. The first kappa shape index (κ1) is 29.7. The van der Waals surface area contributed by atoms with Crippen LogP contribution in [0, 0.1) is 24.4 Å². The van der Waals surface area contributed by atoms with Gasteiger partial charge >= 0.3 is 0 Å². The van der Waals surface area contributed by atoms with Crippen LogP contribution in [0.3, 0.4) is 0 Å². The summed E-state index contributed by atoms with van der Waals surface area (Å²) in [6.45, 7) is 6.98. The molecule has 2 aliphatic rings. The summed E-state index contributed by atoms with van der Waals surface area (Å²) < 4.78 is 60.5. The van der Waals surface area contributed by atoms with Gasteiger partial charge in [0, 0.05) is 57.1 Å². The molecular weight excluding hydrogens is 549 g/mol. The molecule has 3 heterocycles. The smallest absolute Gasteiger partial charge is 0.227 e. The quantitative estimate of drug-likeness (QED) is 0.382. The molecule has 0 bridgehead atoms. The molecule has 0 aliphatic carbocycles. The van der Waals surface area contributed by atoms with Crippen molar-refractivity contribution in [1.29, 1.82) is 0 Å². The fraction of sp³-hybridized carbons (Fsp3) is 0.467. The number of likely N-dealkylation sites (N-methyl/N-ethyl adjacent to an activating group) is 1. The maximum atomic E-state index is 15.4. The molecule has 0 radical (unpaired) electrons. The highest BCUT2D eigenvalue weighted by Gasteiger charge is 2.29. The van der Waals surface area contributed by atoms with Crippen LogP contribution in [0.5, 0.6) is 17.2 Å². The number of hydrogen-bond acceptors (Lipinski definition) is 9. The molecule has 42 heavy (non-hydrogen) atoms. The third-order valence-corrected chi connectivity index (χ3v) is 8.01. The zero-order valence-electron chi connectivity index (χ0n) is 24.4. The zero-order chi connectivity index (χ0) is 29.8. The summed E-state index contributed by atoms with van der Waals surface area (Å²) in [4.78, 5) is 15.4. The third kappa shape index (κ3) is 6.49. The SMILES string of the molecule is COc1cc(C)c(F)c(COc2cnc(Nc3cc(F)c(N4CCC(N5CCN(C)CC5)CC4)c(OC)c3)nc2)c1F. The lowest BCUT2D eigenvalue weighted by Crippen LogP contribution is -2.52. The van der Waals surface area contributed by atoms with Crippen molar-refractivity contribution in [2.24, 2.45) is 0 Å². The second-order valence-electron chi connectivity index (χ2n) is 10.7. The zero-order valence-corrected chi connectivity index (χ0v) is 24.4. The summed E-state index contributed by atoms with van der Waals surface area (Å²) in [5, 5.41) is 2.98. The molecule has 9 nitrogen and oxygen atoms in total. The van der Waals surface area contributed by atoms with E-state index in [1.54, 1.807) is 6.07 Å². The van der Waals surface area contributed by atoms with Crippen molar-refractivity contribution in [3.63, 3.8) is 0 Å². The van der Waals surface area contributed by atoms with Gasteiger partial charge in [-0.1, -0.05) is 0 Å². The molecule has 0 spiro atoms. The van der Waals surface area contributed by atoms with Crippen LogP contribution in [-0.4, -0.2) is 86.3 Å². The first-order chi connectivity index (χ1) is 20.3. The van der Waals surface area contributed by atoms with Gasteiger partial charge < -0.3 is 29.3 Å². The number of nitrogens with one attached hydrogen (secondary N) is 1. The van der Waals surface area contributed by atoms with E-state index in [-0.39, 0.29) is 35.2 Å². The molecule has 0 atom stereocenters. The van der Waals surface area contributed by atoms with Crippen molar-refractivity contribution in [3.05, 3.63) is 59.2 Å². The van der Waals surface area contributed by atoms with Crippen molar-refractivity contribution < 1.29 is 27.4 Å². The Balaban J connectivity index is 1.21. The van der Waals surface area contributed by atoms with Crippen LogP contribution in [0.1, 0.15) is 24.0 Å². The Hall–Kier alpha value is -3.77. The van der Waals surface area contributed by atoms with Crippen LogP contribution in [0.4, 0.5) is 30.5 Å². The Bertz CT molecular complexity index is 1380. The second-order valence-corrected chi connectivity index (χ2v) is 10.7. The molecule has 5 rings (SSSR count). The van der Waals surface area contributed by atoms with Gasteiger partial charge in [-0.15, -0.1) is 0 Å². The van der Waals surface area contributed by atoms with Crippen molar-refractivity contribution in [3.8, 4) is 17.2 Å². The van der Waals surface area contributed by atoms with Crippen molar-refractivity contribution >= 4 is 17.3 Å². The minimum absolute atomic E-state index is 0.0629. The highest BCUT2D eigenvalue weighted by Crippen LogP contribution is 2.37. The van der Waals surface area contributed by atoms with Gasteiger partial charge in [-0.2, -0.15) is 0 Å². The van der Waals surface area contributed by atoms with Gasteiger partial charge in [-0.05, 0) is 44.5 Å². The highest BCUT2D eigenvalue weighted by molar-refractivity contribution is 5.68. The van der Waals surface area contributed by atoms with Gasteiger partial charge in [0.2, 0.25) is 5.95 Å². The lowest BCUT2D eigenvalue weighted by Gasteiger charge is -2.42. The number of aryl methyl sites for hydroxylation is 1. The summed E-state index contributed by atoms with van der Waals surface area (Å²) in [5.74, 6) is -1.16. The summed E-state index contributed by atoms with van der Waals surface area (Å²) in [6, 6.07) is 4.93. The normalized spacial score (nSPS) is 16.9. The van der Waals surface area contributed by atoms with Crippen LogP contribution in [-0.2, 0) is 6.61 Å². The fourth-order valence-corrected chi connectivity index (χ4v) is 5.57. The molecule has 2 aromatic carbocycles. The van der Waals surface area contributed by atoms with Crippen LogP contribution in [0.15, 0.2) is 30.6 Å². The predicted octanol–water partition coefficient (Wildman–Crippen LogP) is 4.76. The van der Waals surface area contributed by atoms with E-state index in [1.807, 2.05) is 0 Å². The van der Waals surface area contributed by atoms with E-state index >= 15 is 4.39 Å². The molecule has 1 N–H and O–H groups in total. The maximum Gasteiger partial charge on any atom is 0.227 e. The first-order valence-corrected chi connectivity index (χ1v) is 14.1. The Morgan fingerprint density at radius 1 is 0.881 bits per heavy atom. The number of nitrogens with zero attached hydrogens (tertiary/aromatic N) is 5. The van der Waals surface area contributed by atoms with E-state index in [0.29, 0.717) is 23.2 Å². The van der Waals surface area contributed by atoms with E-state index in [9.17, 15) is 8.78 Å². The molecule has 3 aromatic rings. The number of aromatic nitrogens is 2. The largest absolute Gasteiger partial charge is 0.494 e. The molecule has 1 aromatic heterocycles. The molecule has 0 amide bonds. The molecule has 0 unspecified atom stereocenters. The topological polar surface area (TPSA) is 75.2 Å². The maximum absolute atomic E-state index is 15.4. The molecule has 2 aliphatic heterocycles. The molecule has 2 fully saturated rings. The monoisotopic (exact) mass is 586 g/mol. The minimum Gasteiger partial charge on any atom is -0.494 e. The summed E-state index contributed by atoms with van der Waals surface area (Å²) in [6.07, 6.45) is 4.69. The Labute approximate surface area is 244 Å². The Morgan fingerprint density at radius 2 is 1.55 bits per heavy atom. The second kappa shape index (κ2) is 13.0. The van der Waals surface area contributed by atoms with Crippen molar-refractivity contribution in [2.75, 3.05) is 70.8 Å². The molecule has 0 saturated carbocycles. The number of methoxy groups -OCH3 is 2. The lowest BCUT2D eigenvalue weighted by atomic mass is 10.0. The van der Waals surface area contributed by atoms with Crippen molar-refractivity contribution in [2.45, 2.75) is 32.4 Å². The van der Waals surface area contributed by atoms with Gasteiger partial charge in [-0.3, -0.25) is 4.90 Å². The highest BCUT2D eigenvalue weighted by atomic mass is 19.1. The fourth-order valence-electron chi connectivity index (χ4n) is 5.57. The van der Waals surface area contributed by atoms with E-state index in [0.717, 1.165) is 52.1 Å². The lowest BCUT2D eigenvalue weighted by molar-refractivity contribution is 0.0980. The van der Waals surface area contributed by atoms with E-state index in [1.165, 1.54) is 45.7 Å².